The van der Waals surface area contributed by atoms with Crippen molar-refractivity contribution >= 4 is 40.0 Å². The summed E-state index contributed by atoms with van der Waals surface area (Å²) in [5, 5.41) is 11.6. The van der Waals surface area contributed by atoms with Crippen LogP contribution in [0.15, 0.2) is 34.7 Å². The van der Waals surface area contributed by atoms with Crippen LogP contribution in [0.25, 0.3) is 22.6 Å². The molecule has 0 spiro atoms. The lowest BCUT2D eigenvalue weighted by Crippen LogP contribution is -1.88. The van der Waals surface area contributed by atoms with Gasteiger partial charge in [-0.3, -0.25) is 10.1 Å². The second-order valence-corrected chi connectivity index (χ2v) is 5.27. The molecule has 0 unspecified atom stereocenters. The van der Waals surface area contributed by atoms with Crippen molar-refractivity contribution in [1.29, 1.82) is 0 Å². The predicted molar refractivity (Wildman–Crippen MR) is 80.9 cm³/mol. The number of nitrogens with zero attached hydrogens (tertiary/aromatic N) is 2. The normalized spacial score (nSPS) is 11.0. The number of halogens is 2. The van der Waals surface area contributed by atoms with Crippen LogP contribution in [-0.2, 0) is 0 Å². The molecule has 0 saturated heterocycles. The number of nitro benzene ring substituents is 1. The first-order valence-electron chi connectivity index (χ1n) is 5.97. The minimum atomic E-state index is -0.465. The molecule has 0 aliphatic carbocycles. The summed E-state index contributed by atoms with van der Waals surface area (Å²) >= 11 is 12.1. The van der Waals surface area contributed by atoms with Crippen LogP contribution >= 0.6 is 23.2 Å². The lowest BCUT2D eigenvalue weighted by atomic mass is 10.2. The first-order chi connectivity index (χ1) is 9.97. The first-order valence-corrected chi connectivity index (χ1v) is 6.73. The zero-order chi connectivity index (χ0) is 15.1. The number of aromatic nitrogens is 1. The fraction of sp³-hybridized carbons (Fsp3) is 0.0714. The van der Waals surface area contributed by atoms with Crippen LogP contribution in [0.4, 0.5) is 5.69 Å². The Labute approximate surface area is 129 Å². The number of fused-ring (bicyclic) bond motifs is 1. The van der Waals surface area contributed by atoms with Crippen molar-refractivity contribution in [3.63, 3.8) is 0 Å². The van der Waals surface area contributed by atoms with Crippen molar-refractivity contribution in [2.24, 2.45) is 0 Å². The molecule has 3 aromatic rings. The molecule has 2 aromatic carbocycles. The van der Waals surface area contributed by atoms with E-state index in [0.717, 1.165) is 0 Å². The van der Waals surface area contributed by atoms with Gasteiger partial charge in [-0.05, 0) is 19.1 Å². The smallest absolute Gasteiger partial charge is 0.272 e. The highest BCUT2D eigenvalue weighted by atomic mass is 35.5. The first kappa shape index (κ1) is 13.9. The highest BCUT2D eigenvalue weighted by Gasteiger charge is 2.17. The molecule has 106 valence electrons. The molecule has 0 atom stereocenters. The van der Waals surface area contributed by atoms with E-state index in [1.165, 1.54) is 12.1 Å². The third-order valence-electron chi connectivity index (χ3n) is 3.05. The molecule has 0 aliphatic heterocycles. The second kappa shape index (κ2) is 5.02. The molecule has 7 heteroatoms. The van der Waals surface area contributed by atoms with Gasteiger partial charge in [-0.25, -0.2) is 4.98 Å². The van der Waals surface area contributed by atoms with Gasteiger partial charge in [0.05, 0.1) is 20.5 Å². The highest BCUT2D eigenvalue weighted by Crippen LogP contribution is 2.35. The Hall–Kier alpha value is -2.11. The number of benzene rings is 2. The van der Waals surface area contributed by atoms with Gasteiger partial charge in [0.1, 0.15) is 5.52 Å². The molecule has 5 nitrogen and oxygen atoms in total. The van der Waals surface area contributed by atoms with Crippen LogP contribution in [0, 0.1) is 17.0 Å². The third kappa shape index (κ3) is 2.34. The zero-order valence-electron chi connectivity index (χ0n) is 10.8. The monoisotopic (exact) mass is 322 g/mol. The van der Waals surface area contributed by atoms with E-state index < -0.39 is 4.92 Å². The van der Waals surface area contributed by atoms with E-state index >= 15 is 0 Å². The van der Waals surface area contributed by atoms with Crippen LogP contribution in [0.2, 0.25) is 10.0 Å². The lowest BCUT2D eigenvalue weighted by Gasteiger charge is -2.00. The Bertz CT molecular complexity index is 874. The fourth-order valence-corrected chi connectivity index (χ4v) is 2.45. The molecule has 0 amide bonds. The summed E-state index contributed by atoms with van der Waals surface area (Å²) in [6.07, 6.45) is 0. The zero-order valence-corrected chi connectivity index (χ0v) is 12.3. The van der Waals surface area contributed by atoms with Gasteiger partial charge in [-0.2, -0.15) is 0 Å². The van der Waals surface area contributed by atoms with Crippen molar-refractivity contribution in [2.75, 3.05) is 0 Å². The molecule has 3 rings (SSSR count). The fourth-order valence-electron chi connectivity index (χ4n) is 2.07. The molecular weight excluding hydrogens is 315 g/mol. The molecule has 0 bridgehead atoms. The van der Waals surface area contributed by atoms with E-state index in [0.29, 0.717) is 32.3 Å². The summed E-state index contributed by atoms with van der Waals surface area (Å²) in [4.78, 5) is 14.7. The molecule has 1 aromatic heterocycles. The topological polar surface area (TPSA) is 69.2 Å². The minimum absolute atomic E-state index is 0.0305. The maximum absolute atomic E-state index is 10.9. The molecule has 0 fully saturated rings. The van der Waals surface area contributed by atoms with Crippen LogP contribution in [-0.4, -0.2) is 9.91 Å². The number of non-ortho nitro benzene ring substituents is 1. The Morgan fingerprint density at radius 1 is 1.29 bits per heavy atom. The van der Waals surface area contributed by atoms with E-state index in [9.17, 15) is 10.1 Å². The van der Waals surface area contributed by atoms with Gasteiger partial charge in [0.15, 0.2) is 5.58 Å². The van der Waals surface area contributed by atoms with Crippen LogP contribution in [0.5, 0.6) is 0 Å². The Kier molecular flexibility index (Phi) is 3.31. The van der Waals surface area contributed by atoms with Crippen LogP contribution < -0.4 is 0 Å². The van der Waals surface area contributed by atoms with Crippen LogP contribution in [0.3, 0.4) is 0 Å². The quantitative estimate of drug-likeness (QED) is 0.490. The summed E-state index contributed by atoms with van der Waals surface area (Å²) in [6, 6.07) is 7.92. The summed E-state index contributed by atoms with van der Waals surface area (Å²) < 4.78 is 5.68. The maximum atomic E-state index is 10.9. The van der Waals surface area contributed by atoms with E-state index in [-0.39, 0.29) is 11.6 Å². The number of rotatable bonds is 2. The minimum Gasteiger partial charge on any atom is -0.436 e. The maximum Gasteiger partial charge on any atom is 0.272 e. The Morgan fingerprint density at radius 3 is 2.76 bits per heavy atom. The van der Waals surface area contributed by atoms with Gasteiger partial charge in [-0.15, -0.1) is 0 Å². The van der Waals surface area contributed by atoms with Gasteiger partial charge < -0.3 is 4.42 Å². The van der Waals surface area contributed by atoms with Crippen LogP contribution in [0.1, 0.15) is 5.56 Å². The number of hydrogen-bond donors (Lipinski definition) is 0. The average molecular weight is 323 g/mol. The molecule has 0 radical (unpaired) electrons. The van der Waals surface area contributed by atoms with Gasteiger partial charge in [0, 0.05) is 17.7 Å². The molecule has 21 heavy (non-hydrogen) atoms. The largest absolute Gasteiger partial charge is 0.436 e. The standard InChI is InChI=1S/C14H8Cl2N2O3/c1-7-5-8(18(19)20)6-11-13(7)21-14(17-11)9-3-2-4-10(15)12(9)16/h2-6H,1H3. The van der Waals surface area contributed by atoms with Gasteiger partial charge >= 0.3 is 0 Å². The number of hydrogen-bond acceptors (Lipinski definition) is 4. The molecular formula is C14H8Cl2N2O3. The number of aryl methyl sites for hydroxylation is 1. The van der Waals surface area contributed by atoms with E-state index in [1.807, 2.05) is 0 Å². The summed E-state index contributed by atoms with van der Waals surface area (Å²) in [5.41, 5.74) is 2.05. The van der Waals surface area contributed by atoms with E-state index in [2.05, 4.69) is 4.98 Å². The van der Waals surface area contributed by atoms with Crippen molar-refractivity contribution < 1.29 is 9.34 Å². The number of nitro groups is 1. The third-order valence-corrected chi connectivity index (χ3v) is 3.87. The lowest BCUT2D eigenvalue weighted by molar-refractivity contribution is -0.384. The van der Waals surface area contributed by atoms with Crippen molar-refractivity contribution in [3.8, 4) is 11.5 Å². The SMILES string of the molecule is Cc1cc([N+](=O)[O-])cc2nc(-c3cccc(Cl)c3Cl)oc12. The molecule has 1 heterocycles. The molecule has 0 N–H and O–H groups in total. The highest BCUT2D eigenvalue weighted by molar-refractivity contribution is 6.43. The van der Waals surface area contributed by atoms with Crippen molar-refractivity contribution in [3.05, 3.63) is 56.1 Å². The average Bonchev–Trinajstić information content (AvgIpc) is 2.86. The molecule has 0 saturated carbocycles. The summed E-state index contributed by atoms with van der Waals surface area (Å²) in [5.74, 6) is 0.279. The predicted octanol–water partition coefficient (Wildman–Crippen LogP) is 5.02. The summed E-state index contributed by atoms with van der Waals surface area (Å²) in [6.45, 7) is 1.73. The van der Waals surface area contributed by atoms with Gasteiger partial charge in [-0.1, -0.05) is 29.3 Å². The van der Waals surface area contributed by atoms with Crippen molar-refractivity contribution in [2.45, 2.75) is 6.92 Å². The van der Waals surface area contributed by atoms with E-state index in [4.69, 9.17) is 27.6 Å². The van der Waals surface area contributed by atoms with Gasteiger partial charge in [0.25, 0.3) is 5.69 Å². The number of oxazole rings is 1. The summed E-state index contributed by atoms with van der Waals surface area (Å²) in [7, 11) is 0. The van der Waals surface area contributed by atoms with Gasteiger partial charge in [0.2, 0.25) is 5.89 Å². The Balaban J connectivity index is 2.24. The second-order valence-electron chi connectivity index (χ2n) is 4.49. The molecule has 0 aliphatic rings. The van der Waals surface area contributed by atoms with E-state index in [1.54, 1.807) is 25.1 Å². The van der Waals surface area contributed by atoms with Crippen molar-refractivity contribution in [1.82, 2.24) is 4.98 Å². The Morgan fingerprint density at radius 2 is 2.05 bits per heavy atom.